The van der Waals surface area contributed by atoms with E-state index in [1.807, 2.05) is 24.4 Å². The van der Waals surface area contributed by atoms with Gasteiger partial charge in [-0.1, -0.05) is 0 Å². The Morgan fingerprint density at radius 2 is 2.44 bits per heavy atom. The number of ether oxygens (including phenoxy) is 1. The Balaban J connectivity index is 1.94. The van der Waals surface area contributed by atoms with Gasteiger partial charge >= 0.3 is 6.09 Å². The lowest BCUT2D eigenvalue weighted by Crippen LogP contribution is -2.19. The van der Waals surface area contributed by atoms with Crippen LogP contribution in [0.4, 0.5) is 4.79 Å². The van der Waals surface area contributed by atoms with Crippen molar-refractivity contribution >= 4 is 22.7 Å². The molecule has 1 aliphatic rings. The molecule has 0 spiro atoms. The molecular weight excluding hydrogens is 230 g/mol. The topological polar surface area (TPSA) is 81.0 Å². The number of aromatic amines is 1. The van der Waals surface area contributed by atoms with Gasteiger partial charge in [-0.15, -0.1) is 0 Å². The molecule has 5 heteroatoms. The van der Waals surface area contributed by atoms with E-state index in [0.29, 0.717) is 0 Å². The maximum Gasteiger partial charge on any atom is 0.405 e. The van der Waals surface area contributed by atoms with Crippen molar-refractivity contribution in [3.05, 3.63) is 36.2 Å². The van der Waals surface area contributed by atoms with E-state index < -0.39 is 6.09 Å². The number of fused-ring (bicyclic) bond motifs is 1. The lowest BCUT2D eigenvalue weighted by molar-refractivity contribution is 0.129. The van der Waals surface area contributed by atoms with Crippen molar-refractivity contribution in [3.63, 3.8) is 0 Å². The predicted octanol–water partition coefficient (Wildman–Crippen LogP) is 2.20. The molecule has 1 amide bonds. The molecule has 3 rings (SSSR count). The number of hydrogen-bond acceptors (Lipinski definition) is 3. The number of hydrogen-bond donors (Lipinski definition) is 2. The zero-order chi connectivity index (χ0) is 12.5. The van der Waals surface area contributed by atoms with Gasteiger partial charge in [0.2, 0.25) is 0 Å². The van der Waals surface area contributed by atoms with E-state index in [-0.39, 0.29) is 6.10 Å². The van der Waals surface area contributed by atoms with E-state index in [4.69, 9.17) is 10.5 Å². The molecule has 2 heterocycles. The number of rotatable bonds is 2. The molecule has 0 fully saturated rings. The molecule has 18 heavy (non-hydrogen) atoms. The number of nitrogens with one attached hydrogen (secondary N) is 1. The maximum absolute atomic E-state index is 10.7. The van der Waals surface area contributed by atoms with Gasteiger partial charge < -0.3 is 15.5 Å². The van der Waals surface area contributed by atoms with Crippen molar-refractivity contribution in [2.75, 3.05) is 0 Å². The Bertz CT molecular complexity index is 630. The van der Waals surface area contributed by atoms with Crippen LogP contribution in [0.1, 0.15) is 18.4 Å². The number of nitrogens with zero attached hydrogens (tertiary/aromatic N) is 1. The van der Waals surface area contributed by atoms with Crippen molar-refractivity contribution in [1.82, 2.24) is 9.97 Å². The van der Waals surface area contributed by atoms with E-state index in [1.54, 1.807) is 6.20 Å². The van der Waals surface area contributed by atoms with E-state index >= 15 is 0 Å². The van der Waals surface area contributed by atoms with Crippen LogP contribution in [0.3, 0.4) is 0 Å². The first-order valence-electron chi connectivity index (χ1n) is 5.83. The Morgan fingerprint density at radius 1 is 1.56 bits per heavy atom. The lowest BCUT2D eigenvalue weighted by atomic mass is 10.1. The minimum absolute atomic E-state index is 0.217. The molecule has 0 aliphatic heterocycles. The molecule has 3 N–H and O–H groups in total. The van der Waals surface area contributed by atoms with Crippen molar-refractivity contribution in [3.8, 4) is 0 Å². The number of carbonyl (C=O) groups excluding carboxylic acids is 1. The minimum atomic E-state index is -0.727. The standard InChI is InChI=1S/C13H13N3O2/c14-13(17)18-9-4-3-8(6-9)10-7-16-11-2-1-5-15-12(10)11/h1-2,5-7,9,16H,3-4H2,(H2,14,17). The Morgan fingerprint density at radius 3 is 3.28 bits per heavy atom. The second-order valence-corrected chi connectivity index (χ2v) is 4.31. The summed E-state index contributed by atoms with van der Waals surface area (Å²) in [6, 6.07) is 3.88. The van der Waals surface area contributed by atoms with Crippen LogP contribution in [0, 0.1) is 0 Å². The molecule has 0 radical (unpaired) electrons. The summed E-state index contributed by atoms with van der Waals surface area (Å²) in [6.07, 6.45) is 6.35. The molecule has 2 aromatic heterocycles. The number of amides is 1. The van der Waals surface area contributed by atoms with Crippen LogP contribution in [-0.2, 0) is 4.74 Å². The van der Waals surface area contributed by atoms with Gasteiger partial charge in [0.15, 0.2) is 0 Å². The van der Waals surface area contributed by atoms with Crippen LogP contribution >= 0.6 is 0 Å². The van der Waals surface area contributed by atoms with Crippen LogP contribution in [0.15, 0.2) is 30.6 Å². The van der Waals surface area contributed by atoms with Crippen LogP contribution in [-0.4, -0.2) is 22.2 Å². The molecule has 1 atom stereocenters. The molecule has 0 bridgehead atoms. The summed E-state index contributed by atoms with van der Waals surface area (Å²) in [5.41, 5.74) is 9.19. The van der Waals surface area contributed by atoms with Gasteiger partial charge in [-0.05, 0) is 36.6 Å². The summed E-state index contributed by atoms with van der Waals surface area (Å²) in [5.74, 6) is 0. The van der Waals surface area contributed by atoms with Crippen molar-refractivity contribution in [2.45, 2.75) is 18.9 Å². The van der Waals surface area contributed by atoms with Gasteiger partial charge in [0, 0.05) is 18.0 Å². The van der Waals surface area contributed by atoms with Gasteiger partial charge in [-0.2, -0.15) is 0 Å². The third-order valence-corrected chi connectivity index (χ3v) is 3.13. The maximum atomic E-state index is 10.7. The highest BCUT2D eigenvalue weighted by molar-refractivity contribution is 5.90. The summed E-state index contributed by atoms with van der Waals surface area (Å²) < 4.78 is 4.98. The van der Waals surface area contributed by atoms with E-state index in [0.717, 1.165) is 35.0 Å². The van der Waals surface area contributed by atoms with E-state index in [2.05, 4.69) is 9.97 Å². The first kappa shape index (κ1) is 10.8. The number of carbonyl (C=O) groups is 1. The summed E-state index contributed by atoms with van der Waals surface area (Å²) in [6.45, 7) is 0. The Hall–Kier alpha value is -2.30. The van der Waals surface area contributed by atoms with Gasteiger partial charge in [-0.3, -0.25) is 4.98 Å². The number of nitrogens with two attached hydrogens (primary N) is 1. The van der Waals surface area contributed by atoms with Gasteiger partial charge in [0.1, 0.15) is 6.10 Å². The van der Waals surface area contributed by atoms with Gasteiger partial charge in [0.25, 0.3) is 0 Å². The fourth-order valence-corrected chi connectivity index (χ4v) is 2.35. The summed E-state index contributed by atoms with van der Waals surface area (Å²) in [4.78, 5) is 18.3. The van der Waals surface area contributed by atoms with E-state index in [9.17, 15) is 4.79 Å². The first-order chi connectivity index (χ1) is 8.74. The third kappa shape index (κ3) is 1.84. The quantitative estimate of drug-likeness (QED) is 0.848. The highest BCUT2D eigenvalue weighted by Crippen LogP contribution is 2.32. The molecule has 92 valence electrons. The predicted molar refractivity (Wildman–Crippen MR) is 67.8 cm³/mol. The zero-order valence-electron chi connectivity index (χ0n) is 9.72. The molecule has 1 unspecified atom stereocenters. The number of H-pyrrole nitrogens is 1. The fourth-order valence-electron chi connectivity index (χ4n) is 2.35. The molecule has 0 saturated carbocycles. The smallest absolute Gasteiger partial charge is 0.405 e. The average molecular weight is 243 g/mol. The number of primary amides is 1. The van der Waals surface area contributed by atoms with Crippen LogP contribution in [0.2, 0.25) is 0 Å². The van der Waals surface area contributed by atoms with Crippen molar-refractivity contribution in [1.29, 1.82) is 0 Å². The summed E-state index contributed by atoms with van der Waals surface area (Å²) in [7, 11) is 0. The first-order valence-corrected chi connectivity index (χ1v) is 5.83. The number of pyridine rings is 1. The monoisotopic (exact) mass is 243 g/mol. The SMILES string of the molecule is NC(=O)OC1C=C(c2c[nH]c3cccnc23)CC1. The van der Waals surface area contributed by atoms with Crippen molar-refractivity contribution in [2.24, 2.45) is 5.73 Å². The minimum Gasteiger partial charge on any atom is -0.442 e. The molecule has 5 nitrogen and oxygen atoms in total. The second-order valence-electron chi connectivity index (χ2n) is 4.31. The average Bonchev–Trinajstić information content (AvgIpc) is 2.94. The molecule has 2 aromatic rings. The normalized spacial score (nSPS) is 18.9. The third-order valence-electron chi connectivity index (χ3n) is 3.13. The van der Waals surface area contributed by atoms with Gasteiger partial charge in [-0.25, -0.2) is 4.79 Å². The van der Waals surface area contributed by atoms with Crippen molar-refractivity contribution < 1.29 is 9.53 Å². The largest absolute Gasteiger partial charge is 0.442 e. The molecule has 0 aromatic carbocycles. The molecular formula is C13H13N3O2. The Labute approximate surface area is 104 Å². The molecule has 1 aliphatic carbocycles. The summed E-state index contributed by atoms with van der Waals surface area (Å²) in [5, 5.41) is 0. The Kier molecular flexibility index (Phi) is 2.51. The number of allylic oxidation sites excluding steroid dienone is 1. The van der Waals surface area contributed by atoms with Crippen LogP contribution in [0.25, 0.3) is 16.6 Å². The fraction of sp³-hybridized carbons (Fsp3) is 0.231. The zero-order valence-corrected chi connectivity index (χ0v) is 9.72. The highest BCUT2D eigenvalue weighted by atomic mass is 16.6. The summed E-state index contributed by atoms with van der Waals surface area (Å²) >= 11 is 0. The van der Waals surface area contributed by atoms with Gasteiger partial charge in [0.05, 0.1) is 11.0 Å². The highest BCUT2D eigenvalue weighted by Gasteiger charge is 2.21. The molecule has 0 saturated heterocycles. The van der Waals surface area contributed by atoms with Crippen LogP contribution < -0.4 is 5.73 Å². The second kappa shape index (κ2) is 4.18. The number of aromatic nitrogens is 2. The van der Waals surface area contributed by atoms with E-state index in [1.165, 1.54) is 0 Å². The lowest BCUT2D eigenvalue weighted by Gasteiger charge is -2.05. The van der Waals surface area contributed by atoms with Crippen LogP contribution in [0.5, 0.6) is 0 Å².